The van der Waals surface area contributed by atoms with E-state index in [9.17, 15) is 31.1 Å². The first-order valence-electron chi connectivity index (χ1n) is 9.77. The lowest BCUT2D eigenvalue weighted by Crippen LogP contribution is -2.12. The summed E-state index contributed by atoms with van der Waals surface area (Å²) in [6, 6.07) is 10.7. The zero-order valence-corrected chi connectivity index (χ0v) is 17.3. The molecule has 3 nitrogen and oxygen atoms in total. The average Bonchev–Trinajstić information content (AvgIpc) is 2.99. The number of para-hydroxylation sites is 1. The molecule has 0 saturated carbocycles. The van der Waals surface area contributed by atoms with Crippen molar-refractivity contribution in [2.45, 2.75) is 45.5 Å². The maximum absolute atomic E-state index is 13.0. The first-order valence-corrected chi connectivity index (χ1v) is 9.77. The van der Waals surface area contributed by atoms with Gasteiger partial charge < -0.3 is 0 Å². The summed E-state index contributed by atoms with van der Waals surface area (Å²) in [7, 11) is 0. The van der Waals surface area contributed by atoms with Gasteiger partial charge in [-0.25, -0.2) is 4.68 Å². The lowest BCUT2D eigenvalue weighted by Gasteiger charge is -2.14. The number of rotatable bonds is 6. The van der Waals surface area contributed by atoms with Gasteiger partial charge >= 0.3 is 12.4 Å². The number of Topliss-reactive ketones (excluding diaryl/α,β-unsaturated/α-hetero) is 1. The van der Waals surface area contributed by atoms with E-state index in [1.807, 2.05) is 30.3 Å². The van der Waals surface area contributed by atoms with Crippen LogP contribution in [-0.4, -0.2) is 15.6 Å². The van der Waals surface area contributed by atoms with Gasteiger partial charge in [0.1, 0.15) is 5.78 Å². The Kier molecular flexibility index (Phi) is 6.48. The highest BCUT2D eigenvalue weighted by Gasteiger charge is 2.36. The van der Waals surface area contributed by atoms with Gasteiger partial charge in [-0.1, -0.05) is 18.2 Å². The van der Waals surface area contributed by atoms with Crippen LogP contribution in [0.1, 0.15) is 40.1 Å². The molecule has 0 amide bonds. The van der Waals surface area contributed by atoms with E-state index in [2.05, 4.69) is 5.10 Å². The molecule has 3 rings (SSSR count). The van der Waals surface area contributed by atoms with Crippen molar-refractivity contribution >= 4 is 5.78 Å². The van der Waals surface area contributed by atoms with Crippen molar-refractivity contribution < 1.29 is 31.1 Å². The summed E-state index contributed by atoms with van der Waals surface area (Å²) in [6.45, 7) is 3.55. The Balaban J connectivity index is 1.77. The van der Waals surface area contributed by atoms with E-state index in [0.717, 1.165) is 11.4 Å². The number of benzene rings is 2. The molecule has 0 bridgehead atoms. The van der Waals surface area contributed by atoms with Crippen LogP contribution in [0.5, 0.6) is 0 Å². The zero-order chi connectivity index (χ0) is 23.7. The normalized spacial score (nSPS) is 12.2. The predicted molar refractivity (Wildman–Crippen MR) is 107 cm³/mol. The van der Waals surface area contributed by atoms with Crippen molar-refractivity contribution in [2.24, 2.45) is 0 Å². The maximum Gasteiger partial charge on any atom is 0.416 e. The third-order valence-corrected chi connectivity index (χ3v) is 5.16. The van der Waals surface area contributed by atoms with Crippen LogP contribution in [0, 0.1) is 13.8 Å². The van der Waals surface area contributed by atoms with Gasteiger partial charge in [0.25, 0.3) is 0 Å². The van der Waals surface area contributed by atoms with Crippen molar-refractivity contribution in [1.29, 1.82) is 0 Å². The number of aryl methyl sites for hydroxylation is 2. The highest BCUT2D eigenvalue weighted by Crippen LogP contribution is 2.36. The number of carbonyl (C=O) groups is 1. The molecule has 0 aliphatic carbocycles. The van der Waals surface area contributed by atoms with Crippen LogP contribution in [0.3, 0.4) is 0 Å². The van der Waals surface area contributed by atoms with Crippen molar-refractivity contribution in [2.75, 3.05) is 0 Å². The van der Waals surface area contributed by atoms with E-state index in [1.54, 1.807) is 18.5 Å². The maximum atomic E-state index is 13.0. The van der Waals surface area contributed by atoms with Gasteiger partial charge in [0.2, 0.25) is 0 Å². The monoisotopic (exact) mass is 454 g/mol. The third-order valence-electron chi connectivity index (χ3n) is 5.16. The van der Waals surface area contributed by atoms with Crippen molar-refractivity contribution in [3.63, 3.8) is 0 Å². The molecule has 1 heterocycles. The van der Waals surface area contributed by atoms with Gasteiger partial charge in [0, 0.05) is 24.1 Å². The molecule has 0 radical (unpaired) electrons. The van der Waals surface area contributed by atoms with E-state index >= 15 is 0 Å². The Hall–Kier alpha value is -3.10. The SMILES string of the molecule is Cc1nn(-c2ccccc2)c(C)c1CC(=O)CCc1cc(C(F)(F)F)cc(C(F)(F)F)c1. The topological polar surface area (TPSA) is 34.9 Å². The standard InChI is InChI=1S/C23H20F6N2O/c1-14-21(15(2)31(30-14)19-6-4-3-5-7-19)13-20(32)9-8-16-10-17(22(24,25)26)12-18(11-16)23(27,28)29/h3-7,10-12H,8-9,13H2,1-2H3. The summed E-state index contributed by atoms with van der Waals surface area (Å²) in [5.41, 5.74) is -0.0574. The molecule has 0 aliphatic rings. The van der Waals surface area contributed by atoms with E-state index in [1.165, 1.54) is 0 Å². The lowest BCUT2D eigenvalue weighted by molar-refractivity contribution is -0.143. The summed E-state index contributed by atoms with van der Waals surface area (Å²) >= 11 is 0. The Morgan fingerprint density at radius 2 is 1.47 bits per heavy atom. The fraction of sp³-hybridized carbons (Fsp3) is 0.304. The van der Waals surface area contributed by atoms with Gasteiger partial charge in [0.05, 0.1) is 22.5 Å². The molecule has 170 valence electrons. The molecular weight excluding hydrogens is 434 g/mol. The van der Waals surface area contributed by atoms with Crippen molar-refractivity contribution in [3.05, 3.63) is 82.2 Å². The molecule has 3 aromatic rings. The van der Waals surface area contributed by atoms with E-state index in [4.69, 9.17) is 0 Å². The molecule has 2 aromatic carbocycles. The molecule has 1 aromatic heterocycles. The summed E-state index contributed by atoms with van der Waals surface area (Å²) in [5.74, 6) is -0.296. The third kappa shape index (κ3) is 5.38. The van der Waals surface area contributed by atoms with E-state index in [0.29, 0.717) is 23.4 Å². The Morgan fingerprint density at radius 1 is 0.906 bits per heavy atom. The summed E-state index contributed by atoms with van der Waals surface area (Å²) in [6.07, 6.45) is -10.2. The van der Waals surface area contributed by atoms with Gasteiger partial charge in [0.15, 0.2) is 0 Å². The molecule has 0 atom stereocenters. The number of aromatic nitrogens is 2. The number of hydrogen-bond donors (Lipinski definition) is 0. The zero-order valence-electron chi connectivity index (χ0n) is 17.3. The number of ketones is 1. The Labute approximate surface area is 180 Å². The van der Waals surface area contributed by atoms with Gasteiger partial charge in [-0.2, -0.15) is 31.4 Å². The van der Waals surface area contributed by atoms with E-state index in [-0.39, 0.29) is 36.7 Å². The van der Waals surface area contributed by atoms with Crippen LogP contribution in [0.4, 0.5) is 26.3 Å². The molecule has 0 spiro atoms. The molecule has 32 heavy (non-hydrogen) atoms. The number of nitrogens with zero attached hydrogens (tertiary/aromatic N) is 2. The highest BCUT2D eigenvalue weighted by molar-refractivity contribution is 5.81. The molecular formula is C23H20F6N2O. The fourth-order valence-electron chi connectivity index (χ4n) is 3.48. The van der Waals surface area contributed by atoms with Crippen LogP contribution in [0.15, 0.2) is 48.5 Å². The lowest BCUT2D eigenvalue weighted by atomic mass is 9.98. The number of hydrogen-bond acceptors (Lipinski definition) is 2. The second-order valence-electron chi connectivity index (χ2n) is 7.53. The number of alkyl halides is 6. The predicted octanol–water partition coefficient (Wildman–Crippen LogP) is 6.27. The van der Waals surface area contributed by atoms with E-state index < -0.39 is 23.5 Å². The van der Waals surface area contributed by atoms with Gasteiger partial charge in [-0.3, -0.25) is 4.79 Å². The van der Waals surface area contributed by atoms with Crippen LogP contribution in [0.2, 0.25) is 0 Å². The minimum atomic E-state index is -4.92. The first kappa shape index (κ1) is 23.6. The highest BCUT2D eigenvalue weighted by atomic mass is 19.4. The number of carbonyl (C=O) groups excluding carboxylic acids is 1. The second-order valence-corrected chi connectivity index (χ2v) is 7.53. The van der Waals surface area contributed by atoms with Crippen LogP contribution >= 0.6 is 0 Å². The fourth-order valence-corrected chi connectivity index (χ4v) is 3.48. The number of halogens is 6. The minimum absolute atomic E-state index is 0.00438. The molecule has 0 N–H and O–H groups in total. The molecule has 0 saturated heterocycles. The second kappa shape index (κ2) is 8.80. The van der Waals surface area contributed by atoms with Crippen LogP contribution < -0.4 is 0 Å². The van der Waals surface area contributed by atoms with Crippen LogP contribution in [0.25, 0.3) is 5.69 Å². The summed E-state index contributed by atoms with van der Waals surface area (Å²) in [5, 5.41) is 4.44. The van der Waals surface area contributed by atoms with Crippen LogP contribution in [-0.2, 0) is 30.0 Å². The summed E-state index contributed by atoms with van der Waals surface area (Å²) in [4.78, 5) is 12.5. The molecule has 0 fully saturated rings. The molecule has 0 aliphatic heterocycles. The summed E-state index contributed by atoms with van der Waals surface area (Å²) < 4.78 is 79.8. The first-order chi connectivity index (χ1) is 14.9. The molecule has 9 heteroatoms. The average molecular weight is 454 g/mol. The van der Waals surface area contributed by atoms with Gasteiger partial charge in [-0.15, -0.1) is 0 Å². The van der Waals surface area contributed by atoms with Crippen molar-refractivity contribution in [1.82, 2.24) is 9.78 Å². The Bertz CT molecular complexity index is 1080. The Morgan fingerprint density at radius 3 is 2.00 bits per heavy atom. The van der Waals surface area contributed by atoms with Gasteiger partial charge in [-0.05, 0) is 56.2 Å². The minimum Gasteiger partial charge on any atom is -0.299 e. The molecule has 0 unspecified atom stereocenters. The largest absolute Gasteiger partial charge is 0.416 e. The smallest absolute Gasteiger partial charge is 0.299 e. The van der Waals surface area contributed by atoms with Crippen molar-refractivity contribution in [3.8, 4) is 5.69 Å². The quantitative estimate of drug-likeness (QED) is 0.412.